The molecule has 0 unspecified atom stereocenters. The van der Waals surface area contributed by atoms with Gasteiger partial charge < -0.3 is 0 Å². The maximum Gasteiger partial charge on any atom is 0.0991 e. The Bertz CT molecular complexity index is 693. The molecule has 0 aliphatic heterocycles. The average Bonchev–Trinajstić information content (AvgIpc) is 2.61. The van der Waals surface area contributed by atoms with Crippen molar-refractivity contribution in [2.24, 2.45) is 5.92 Å². The molecule has 2 aromatic rings. The maximum atomic E-state index is 8.82. The van der Waals surface area contributed by atoms with E-state index >= 15 is 0 Å². The number of hydrogen-bond acceptors (Lipinski definition) is 1. The van der Waals surface area contributed by atoms with E-state index in [2.05, 4.69) is 49.4 Å². The predicted octanol–water partition coefficient (Wildman–Crippen LogP) is 6.02. The van der Waals surface area contributed by atoms with Crippen LogP contribution in [0.4, 0.5) is 0 Å². The summed E-state index contributed by atoms with van der Waals surface area (Å²) < 4.78 is 0. The van der Waals surface area contributed by atoms with E-state index in [-0.39, 0.29) is 0 Å². The molecule has 0 N–H and O–H groups in total. The average molecular weight is 301 g/mol. The molecule has 0 amide bonds. The fourth-order valence-electron chi connectivity index (χ4n) is 3.33. The van der Waals surface area contributed by atoms with Crippen LogP contribution in [0.2, 0.25) is 0 Å². The molecule has 1 saturated carbocycles. The highest BCUT2D eigenvalue weighted by molar-refractivity contribution is 5.69. The van der Waals surface area contributed by atoms with Gasteiger partial charge in [0.05, 0.1) is 11.6 Å². The van der Waals surface area contributed by atoms with Gasteiger partial charge in [0.15, 0.2) is 0 Å². The van der Waals surface area contributed by atoms with E-state index < -0.39 is 0 Å². The van der Waals surface area contributed by atoms with Gasteiger partial charge in [-0.3, -0.25) is 0 Å². The van der Waals surface area contributed by atoms with Crippen LogP contribution in [-0.4, -0.2) is 0 Å². The zero-order chi connectivity index (χ0) is 16.1. The third kappa shape index (κ3) is 4.11. The van der Waals surface area contributed by atoms with Crippen molar-refractivity contribution in [3.05, 3.63) is 70.8 Å². The molecule has 1 aliphatic rings. The lowest BCUT2D eigenvalue weighted by molar-refractivity contribution is 0.348. The van der Waals surface area contributed by atoms with Crippen LogP contribution in [0.1, 0.15) is 60.8 Å². The molecule has 0 aromatic heterocycles. The van der Waals surface area contributed by atoms with E-state index in [0.29, 0.717) is 5.56 Å². The van der Waals surface area contributed by atoms with Gasteiger partial charge >= 0.3 is 0 Å². The Morgan fingerprint density at radius 3 is 1.87 bits per heavy atom. The summed E-state index contributed by atoms with van der Waals surface area (Å²) in [5, 5.41) is 8.82. The Kier molecular flexibility index (Phi) is 4.93. The van der Waals surface area contributed by atoms with E-state index in [1.54, 1.807) is 0 Å². The molecule has 0 saturated heterocycles. The van der Waals surface area contributed by atoms with Crippen molar-refractivity contribution in [1.82, 2.24) is 0 Å². The van der Waals surface area contributed by atoms with Gasteiger partial charge in [-0.15, -0.1) is 0 Å². The first-order valence-corrected chi connectivity index (χ1v) is 8.53. The first kappa shape index (κ1) is 15.6. The Hall–Kier alpha value is -2.33. The summed E-state index contributed by atoms with van der Waals surface area (Å²) in [7, 11) is 0. The Balaban J connectivity index is 1.65. The molecule has 23 heavy (non-hydrogen) atoms. The number of benzene rings is 2. The SMILES string of the molecule is CC1CCC(c2ccc(C=Cc3ccc(C#N)cc3)cc2)CC1. The van der Waals surface area contributed by atoms with E-state index in [1.165, 1.54) is 36.8 Å². The molecular weight excluding hydrogens is 278 g/mol. The van der Waals surface area contributed by atoms with Gasteiger partial charge in [-0.25, -0.2) is 0 Å². The Morgan fingerprint density at radius 2 is 1.35 bits per heavy atom. The Morgan fingerprint density at radius 1 is 0.826 bits per heavy atom. The minimum atomic E-state index is 0.702. The third-order valence-electron chi connectivity index (χ3n) is 4.93. The van der Waals surface area contributed by atoms with Crippen LogP contribution in [-0.2, 0) is 0 Å². The van der Waals surface area contributed by atoms with Gasteiger partial charge in [0, 0.05) is 0 Å². The van der Waals surface area contributed by atoms with Crippen molar-refractivity contribution in [2.75, 3.05) is 0 Å². The fraction of sp³-hybridized carbons (Fsp3) is 0.318. The second-order valence-electron chi connectivity index (χ2n) is 6.69. The number of rotatable bonds is 3. The lowest BCUT2D eigenvalue weighted by Crippen LogP contribution is -2.10. The molecule has 0 spiro atoms. The maximum absolute atomic E-state index is 8.82. The van der Waals surface area contributed by atoms with Gasteiger partial charge in [-0.05, 0) is 53.5 Å². The third-order valence-corrected chi connectivity index (χ3v) is 4.93. The smallest absolute Gasteiger partial charge is 0.0991 e. The quantitative estimate of drug-likeness (QED) is 0.636. The van der Waals surface area contributed by atoms with Crippen LogP contribution in [0, 0.1) is 17.2 Å². The normalized spacial score (nSPS) is 21.2. The highest BCUT2D eigenvalue weighted by Crippen LogP contribution is 2.35. The molecule has 0 atom stereocenters. The van der Waals surface area contributed by atoms with Crippen molar-refractivity contribution < 1.29 is 0 Å². The first-order chi connectivity index (χ1) is 11.2. The van der Waals surface area contributed by atoms with E-state index in [1.807, 2.05) is 24.3 Å². The zero-order valence-electron chi connectivity index (χ0n) is 13.7. The second-order valence-corrected chi connectivity index (χ2v) is 6.69. The monoisotopic (exact) mass is 301 g/mol. The fourth-order valence-corrected chi connectivity index (χ4v) is 3.33. The van der Waals surface area contributed by atoms with E-state index in [4.69, 9.17) is 5.26 Å². The topological polar surface area (TPSA) is 23.8 Å². The zero-order valence-corrected chi connectivity index (χ0v) is 13.7. The van der Waals surface area contributed by atoms with E-state index in [0.717, 1.165) is 17.4 Å². The molecule has 0 bridgehead atoms. The number of hydrogen-bond donors (Lipinski definition) is 0. The van der Waals surface area contributed by atoms with Crippen molar-refractivity contribution in [3.8, 4) is 6.07 Å². The van der Waals surface area contributed by atoms with Crippen LogP contribution < -0.4 is 0 Å². The molecular formula is C22H23N. The lowest BCUT2D eigenvalue weighted by atomic mass is 9.79. The van der Waals surface area contributed by atoms with Crippen LogP contribution in [0.25, 0.3) is 12.2 Å². The summed E-state index contributed by atoms with van der Waals surface area (Å²) in [4.78, 5) is 0. The molecule has 2 aromatic carbocycles. The molecule has 0 heterocycles. The summed E-state index contributed by atoms with van der Waals surface area (Å²) in [5.74, 6) is 1.66. The van der Waals surface area contributed by atoms with E-state index in [9.17, 15) is 0 Å². The highest BCUT2D eigenvalue weighted by Gasteiger charge is 2.19. The second kappa shape index (κ2) is 7.29. The number of nitrogens with zero attached hydrogens (tertiary/aromatic N) is 1. The van der Waals surface area contributed by atoms with Gasteiger partial charge in [0.2, 0.25) is 0 Å². The largest absolute Gasteiger partial charge is 0.192 e. The minimum absolute atomic E-state index is 0.702. The van der Waals surface area contributed by atoms with Crippen LogP contribution in [0.5, 0.6) is 0 Å². The summed E-state index contributed by atoms with van der Waals surface area (Å²) in [6.07, 6.45) is 9.63. The minimum Gasteiger partial charge on any atom is -0.192 e. The number of nitriles is 1. The van der Waals surface area contributed by atoms with Gasteiger partial charge in [-0.2, -0.15) is 5.26 Å². The summed E-state index contributed by atoms with van der Waals surface area (Å²) in [6, 6.07) is 18.8. The molecule has 1 nitrogen and oxygen atoms in total. The van der Waals surface area contributed by atoms with Gasteiger partial charge in [0.25, 0.3) is 0 Å². The summed E-state index contributed by atoms with van der Waals surface area (Å²) in [5.41, 5.74) is 4.54. The summed E-state index contributed by atoms with van der Waals surface area (Å²) >= 11 is 0. The van der Waals surface area contributed by atoms with Crippen LogP contribution >= 0.6 is 0 Å². The predicted molar refractivity (Wildman–Crippen MR) is 96.9 cm³/mol. The Labute approximate surface area is 139 Å². The van der Waals surface area contributed by atoms with Crippen LogP contribution in [0.3, 0.4) is 0 Å². The van der Waals surface area contributed by atoms with Gasteiger partial charge in [-0.1, -0.05) is 68.3 Å². The standard InChI is InChI=1S/C22H23N/c1-17-2-12-21(13-3-17)22-14-10-19(11-15-22)5-4-18-6-8-20(16-23)9-7-18/h4-11,14-15,17,21H,2-3,12-13H2,1H3. The van der Waals surface area contributed by atoms with Crippen LogP contribution in [0.15, 0.2) is 48.5 Å². The molecule has 1 heteroatoms. The van der Waals surface area contributed by atoms with Crippen molar-refractivity contribution in [3.63, 3.8) is 0 Å². The first-order valence-electron chi connectivity index (χ1n) is 8.53. The van der Waals surface area contributed by atoms with Crippen molar-refractivity contribution >= 4 is 12.2 Å². The molecule has 116 valence electrons. The van der Waals surface area contributed by atoms with Crippen molar-refractivity contribution in [1.29, 1.82) is 5.26 Å². The summed E-state index contributed by atoms with van der Waals surface area (Å²) in [6.45, 7) is 2.37. The highest BCUT2D eigenvalue weighted by atomic mass is 14.2. The molecule has 1 fully saturated rings. The molecule has 1 aliphatic carbocycles. The molecule has 3 rings (SSSR count). The molecule has 0 radical (unpaired) electrons. The lowest BCUT2D eigenvalue weighted by Gasteiger charge is -2.26. The van der Waals surface area contributed by atoms with Gasteiger partial charge in [0.1, 0.15) is 0 Å². The van der Waals surface area contributed by atoms with Crippen molar-refractivity contribution in [2.45, 2.75) is 38.5 Å².